The molecule has 0 radical (unpaired) electrons. The molecule has 0 aromatic heterocycles. The second-order valence-corrected chi connectivity index (χ2v) is 6.92. The summed E-state index contributed by atoms with van der Waals surface area (Å²) in [6.07, 6.45) is 1.70. The quantitative estimate of drug-likeness (QED) is 0.765. The maximum atomic E-state index is 12.9. The minimum absolute atomic E-state index is 0.0101. The molecule has 2 aliphatic rings. The molecule has 0 spiro atoms. The van der Waals surface area contributed by atoms with Gasteiger partial charge in [-0.15, -0.1) is 0 Å². The highest BCUT2D eigenvalue weighted by Crippen LogP contribution is 2.39. The highest BCUT2D eigenvalue weighted by molar-refractivity contribution is 6.30. The van der Waals surface area contributed by atoms with Crippen molar-refractivity contribution in [2.75, 3.05) is 19.8 Å². The molecule has 4 rings (SSSR count). The van der Waals surface area contributed by atoms with Gasteiger partial charge in [0.25, 0.3) is 5.91 Å². The SMILES string of the molecule is C[C@H]1c2cc3c(cc2CCN1C(=O)c1ccc(Cl)cc1)OCCCO3. The Bertz CT molecular complexity index is 803. The second-order valence-electron chi connectivity index (χ2n) is 6.48. The first-order valence-corrected chi connectivity index (χ1v) is 9.00. The van der Waals surface area contributed by atoms with Gasteiger partial charge in [-0.05, 0) is 60.9 Å². The lowest BCUT2D eigenvalue weighted by Crippen LogP contribution is -2.38. The van der Waals surface area contributed by atoms with Crippen LogP contribution < -0.4 is 9.47 Å². The van der Waals surface area contributed by atoms with Crippen LogP contribution in [0.2, 0.25) is 5.02 Å². The fourth-order valence-corrected chi connectivity index (χ4v) is 3.64. The largest absolute Gasteiger partial charge is 0.490 e. The van der Waals surface area contributed by atoms with Crippen LogP contribution in [-0.2, 0) is 6.42 Å². The average molecular weight is 358 g/mol. The number of ether oxygens (including phenoxy) is 2. The smallest absolute Gasteiger partial charge is 0.254 e. The average Bonchev–Trinajstić information content (AvgIpc) is 2.85. The molecule has 2 aliphatic heterocycles. The number of carbonyl (C=O) groups is 1. The van der Waals surface area contributed by atoms with Crippen LogP contribution in [0.1, 0.15) is 40.9 Å². The molecular formula is C20H20ClNO3. The maximum absolute atomic E-state index is 12.9. The fraction of sp³-hybridized carbons (Fsp3) is 0.350. The third kappa shape index (κ3) is 3.07. The van der Waals surface area contributed by atoms with E-state index in [1.54, 1.807) is 24.3 Å². The lowest BCUT2D eigenvalue weighted by Gasteiger charge is -2.36. The van der Waals surface area contributed by atoms with Crippen molar-refractivity contribution in [3.8, 4) is 11.5 Å². The van der Waals surface area contributed by atoms with Crippen molar-refractivity contribution in [1.29, 1.82) is 0 Å². The van der Waals surface area contributed by atoms with Crippen LogP contribution in [0, 0.1) is 0 Å². The Labute approximate surface area is 152 Å². The minimum atomic E-state index is -0.0101. The summed E-state index contributed by atoms with van der Waals surface area (Å²) >= 11 is 5.93. The summed E-state index contributed by atoms with van der Waals surface area (Å²) in [4.78, 5) is 14.8. The van der Waals surface area contributed by atoms with Crippen LogP contribution in [-0.4, -0.2) is 30.6 Å². The number of hydrogen-bond acceptors (Lipinski definition) is 3. The van der Waals surface area contributed by atoms with Crippen LogP contribution in [0.25, 0.3) is 0 Å². The number of benzene rings is 2. The van der Waals surface area contributed by atoms with Crippen LogP contribution in [0.15, 0.2) is 36.4 Å². The number of rotatable bonds is 1. The number of fused-ring (bicyclic) bond motifs is 2. The van der Waals surface area contributed by atoms with Gasteiger partial charge in [0, 0.05) is 23.6 Å². The van der Waals surface area contributed by atoms with Gasteiger partial charge in [-0.3, -0.25) is 4.79 Å². The van der Waals surface area contributed by atoms with Crippen molar-refractivity contribution in [1.82, 2.24) is 4.90 Å². The molecule has 0 fully saturated rings. The molecule has 0 saturated carbocycles. The predicted octanol–water partition coefficient (Wildman–Crippen LogP) is 4.26. The van der Waals surface area contributed by atoms with Crippen LogP contribution in [0.5, 0.6) is 11.5 Å². The summed E-state index contributed by atoms with van der Waals surface area (Å²) in [5, 5.41) is 0.633. The molecule has 2 aromatic carbocycles. The summed E-state index contributed by atoms with van der Waals surface area (Å²) in [6, 6.07) is 11.2. The normalized spacial score (nSPS) is 19.1. The molecule has 0 unspecified atom stereocenters. The molecule has 5 heteroatoms. The van der Waals surface area contributed by atoms with Gasteiger partial charge in [0.05, 0.1) is 19.3 Å². The van der Waals surface area contributed by atoms with E-state index in [1.807, 2.05) is 11.0 Å². The van der Waals surface area contributed by atoms with Crippen molar-refractivity contribution in [3.05, 3.63) is 58.1 Å². The molecule has 130 valence electrons. The molecule has 2 aromatic rings. The second kappa shape index (κ2) is 6.60. The summed E-state index contributed by atoms with van der Waals surface area (Å²) < 4.78 is 11.6. The van der Waals surface area contributed by atoms with Gasteiger partial charge in [-0.1, -0.05) is 11.6 Å². The molecule has 4 nitrogen and oxygen atoms in total. The van der Waals surface area contributed by atoms with Gasteiger partial charge in [-0.25, -0.2) is 0 Å². The van der Waals surface area contributed by atoms with Gasteiger partial charge < -0.3 is 14.4 Å². The van der Waals surface area contributed by atoms with Crippen molar-refractivity contribution in [2.24, 2.45) is 0 Å². The Hall–Kier alpha value is -2.20. The first-order chi connectivity index (χ1) is 12.1. The van der Waals surface area contributed by atoms with Gasteiger partial charge in [0.2, 0.25) is 0 Å². The monoisotopic (exact) mass is 357 g/mol. The third-order valence-electron chi connectivity index (χ3n) is 4.90. The lowest BCUT2D eigenvalue weighted by molar-refractivity contribution is 0.0677. The minimum Gasteiger partial charge on any atom is -0.490 e. The summed E-state index contributed by atoms with van der Waals surface area (Å²) in [5.74, 6) is 1.63. The first-order valence-electron chi connectivity index (χ1n) is 8.62. The van der Waals surface area contributed by atoms with E-state index in [1.165, 1.54) is 5.56 Å². The summed E-state index contributed by atoms with van der Waals surface area (Å²) in [6.45, 7) is 4.10. The Morgan fingerprint density at radius 1 is 1.12 bits per heavy atom. The molecule has 1 atom stereocenters. The third-order valence-corrected chi connectivity index (χ3v) is 5.15. The zero-order valence-corrected chi connectivity index (χ0v) is 14.9. The molecule has 0 saturated heterocycles. The van der Waals surface area contributed by atoms with E-state index in [9.17, 15) is 4.79 Å². The molecular weight excluding hydrogens is 338 g/mol. The van der Waals surface area contributed by atoms with Gasteiger partial charge in [-0.2, -0.15) is 0 Å². The Kier molecular flexibility index (Phi) is 4.30. The number of hydrogen-bond donors (Lipinski definition) is 0. The van der Waals surface area contributed by atoms with Gasteiger partial charge >= 0.3 is 0 Å². The Balaban J connectivity index is 1.64. The predicted molar refractivity (Wildman–Crippen MR) is 96.7 cm³/mol. The van der Waals surface area contributed by atoms with E-state index in [0.717, 1.165) is 29.9 Å². The van der Waals surface area contributed by atoms with E-state index >= 15 is 0 Å². The van der Waals surface area contributed by atoms with E-state index < -0.39 is 0 Å². The molecule has 0 aliphatic carbocycles. The zero-order chi connectivity index (χ0) is 17.4. The molecule has 0 N–H and O–H groups in total. The van der Waals surface area contributed by atoms with Crippen LogP contribution in [0.4, 0.5) is 0 Å². The van der Waals surface area contributed by atoms with Gasteiger partial charge in [0.1, 0.15) is 0 Å². The van der Waals surface area contributed by atoms with Crippen molar-refractivity contribution < 1.29 is 14.3 Å². The molecule has 25 heavy (non-hydrogen) atoms. The van der Waals surface area contributed by atoms with E-state index in [0.29, 0.717) is 30.3 Å². The number of halogens is 1. The lowest BCUT2D eigenvalue weighted by atomic mass is 9.92. The van der Waals surface area contributed by atoms with Crippen molar-refractivity contribution >= 4 is 17.5 Å². The standard InChI is InChI=1S/C20H20ClNO3/c1-13-17-12-19-18(24-9-2-10-25-19)11-15(17)7-8-22(13)20(23)14-3-5-16(21)6-4-14/h3-6,11-13H,2,7-10H2,1H3/t13-/m0/s1. The number of nitrogens with zero attached hydrogens (tertiary/aromatic N) is 1. The molecule has 1 amide bonds. The van der Waals surface area contributed by atoms with E-state index in [-0.39, 0.29) is 11.9 Å². The van der Waals surface area contributed by atoms with Crippen LogP contribution in [0.3, 0.4) is 0 Å². The van der Waals surface area contributed by atoms with Crippen molar-refractivity contribution in [2.45, 2.75) is 25.8 Å². The van der Waals surface area contributed by atoms with Crippen LogP contribution >= 0.6 is 11.6 Å². The highest BCUT2D eigenvalue weighted by Gasteiger charge is 2.30. The first kappa shape index (κ1) is 16.3. The Morgan fingerprint density at radius 3 is 2.52 bits per heavy atom. The Morgan fingerprint density at radius 2 is 1.80 bits per heavy atom. The highest BCUT2D eigenvalue weighted by atomic mass is 35.5. The molecule has 2 heterocycles. The molecule has 0 bridgehead atoms. The number of amides is 1. The van der Waals surface area contributed by atoms with Crippen molar-refractivity contribution in [3.63, 3.8) is 0 Å². The fourth-order valence-electron chi connectivity index (χ4n) is 3.51. The zero-order valence-electron chi connectivity index (χ0n) is 14.1. The van der Waals surface area contributed by atoms with E-state index in [2.05, 4.69) is 13.0 Å². The number of carbonyl (C=O) groups excluding carboxylic acids is 1. The van der Waals surface area contributed by atoms with Gasteiger partial charge in [0.15, 0.2) is 11.5 Å². The maximum Gasteiger partial charge on any atom is 0.254 e. The summed E-state index contributed by atoms with van der Waals surface area (Å²) in [5.41, 5.74) is 3.03. The summed E-state index contributed by atoms with van der Waals surface area (Å²) in [7, 11) is 0. The topological polar surface area (TPSA) is 38.8 Å². The van der Waals surface area contributed by atoms with E-state index in [4.69, 9.17) is 21.1 Å².